The lowest BCUT2D eigenvalue weighted by atomic mass is 10.0. The largest absolute Gasteiger partial charge is 0.371 e. The van der Waals surface area contributed by atoms with E-state index in [9.17, 15) is 0 Å². The van der Waals surface area contributed by atoms with Crippen molar-refractivity contribution < 1.29 is 0 Å². The summed E-state index contributed by atoms with van der Waals surface area (Å²) in [6, 6.07) is 9.40. The van der Waals surface area contributed by atoms with E-state index in [0.717, 1.165) is 16.5 Å². The van der Waals surface area contributed by atoms with Crippen LogP contribution >= 0.6 is 15.9 Å². The third kappa shape index (κ3) is 1.90. The van der Waals surface area contributed by atoms with Gasteiger partial charge in [0.2, 0.25) is 0 Å². The highest BCUT2D eigenvalue weighted by Gasteiger charge is 2.23. The molecular weight excluding hydrogens is 338 g/mol. The van der Waals surface area contributed by atoms with E-state index in [1.807, 2.05) is 19.3 Å². The Hall–Kier alpha value is -1.81. The van der Waals surface area contributed by atoms with Crippen LogP contribution in [0, 0.1) is 0 Å². The summed E-state index contributed by atoms with van der Waals surface area (Å²) < 4.78 is 3.19. The number of anilines is 1. The molecule has 2 aromatic heterocycles. The first kappa shape index (κ1) is 13.8. The van der Waals surface area contributed by atoms with E-state index in [1.54, 1.807) is 0 Å². The Morgan fingerprint density at radius 1 is 1.23 bits per heavy atom. The standard InChI is InChI=1S/C18H18BrN3/c1-11-8-13-5-4-12(9-16(13)22(11)3)14-10-21(2)18-17(14)15(19)6-7-20-18/h4-7,9-11H,8H2,1-3H3. The molecular formula is C18H18BrN3. The number of hydrogen-bond acceptors (Lipinski definition) is 2. The van der Waals surface area contributed by atoms with Crippen molar-refractivity contribution in [2.75, 3.05) is 11.9 Å². The molecule has 4 rings (SSSR count). The Morgan fingerprint density at radius 2 is 2.05 bits per heavy atom. The van der Waals surface area contributed by atoms with Gasteiger partial charge in [0.25, 0.3) is 0 Å². The van der Waals surface area contributed by atoms with Crippen molar-refractivity contribution in [3.05, 3.63) is 46.7 Å². The van der Waals surface area contributed by atoms with Gasteiger partial charge < -0.3 is 9.47 Å². The molecule has 0 N–H and O–H groups in total. The van der Waals surface area contributed by atoms with Crippen LogP contribution in [0.15, 0.2) is 41.1 Å². The molecule has 1 aromatic carbocycles. The third-order valence-electron chi connectivity index (χ3n) is 4.76. The van der Waals surface area contributed by atoms with Crippen LogP contribution in [0.1, 0.15) is 12.5 Å². The molecule has 4 heteroatoms. The summed E-state index contributed by atoms with van der Waals surface area (Å²) >= 11 is 3.68. The van der Waals surface area contributed by atoms with E-state index < -0.39 is 0 Å². The molecule has 0 aliphatic carbocycles. The molecule has 3 aromatic rings. The molecule has 0 amide bonds. The summed E-state index contributed by atoms with van der Waals surface area (Å²) in [6.45, 7) is 2.28. The molecule has 1 aliphatic rings. The molecule has 1 aliphatic heterocycles. The second kappa shape index (κ2) is 4.85. The van der Waals surface area contributed by atoms with Gasteiger partial charge in [-0.2, -0.15) is 0 Å². The van der Waals surface area contributed by atoms with Gasteiger partial charge >= 0.3 is 0 Å². The van der Waals surface area contributed by atoms with E-state index in [2.05, 4.69) is 68.7 Å². The molecule has 0 radical (unpaired) electrons. The average molecular weight is 356 g/mol. The first-order valence-electron chi connectivity index (χ1n) is 7.52. The molecule has 112 valence electrons. The summed E-state index contributed by atoms with van der Waals surface area (Å²) in [6.07, 6.45) is 5.14. The highest BCUT2D eigenvalue weighted by atomic mass is 79.9. The quantitative estimate of drug-likeness (QED) is 0.645. The monoisotopic (exact) mass is 355 g/mol. The Labute approximate surface area is 138 Å². The maximum absolute atomic E-state index is 4.51. The Bertz CT molecular complexity index is 881. The van der Waals surface area contributed by atoms with Crippen LogP contribution in [0.25, 0.3) is 22.2 Å². The lowest BCUT2D eigenvalue weighted by Crippen LogP contribution is -2.23. The lowest BCUT2D eigenvalue weighted by Gasteiger charge is -2.18. The van der Waals surface area contributed by atoms with Gasteiger partial charge in [0.05, 0.1) is 0 Å². The zero-order valence-electron chi connectivity index (χ0n) is 13.0. The summed E-state index contributed by atoms with van der Waals surface area (Å²) in [5.74, 6) is 0. The number of aryl methyl sites for hydroxylation is 1. The maximum atomic E-state index is 4.51. The minimum absolute atomic E-state index is 0.575. The van der Waals surface area contributed by atoms with E-state index in [-0.39, 0.29) is 0 Å². The molecule has 0 saturated heterocycles. The molecule has 0 fully saturated rings. The van der Waals surface area contributed by atoms with Crippen LogP contribution in [-0.2, 0) is 13.5 Å². The molecule has 0 spiro atoms. The number of benzene rings is 1. The summed E-state index contributed by atoms with van der Waals surface area (Å²) in [4.78, 5) is 6.88. The number of hydrogen-bond donors (Lipinski definition) is 0. The molecule has 3 heterocycles. The van der Waals surface area contributed by atoms with Gasteiger partial charge in [-0.05, 0) is 52.5 Å². The van der Waals surface area contributed by atoms with Crippen LogP contribution in [0.3, 0.4) is 0 Å². The summed E-state index contributed by atoms with van der Waals surface area (Å²) in [5.41, 5.74) is 6.28. The van der Waals surface area contributed by atoms with Gasteiger partial charge in [-0.15, -0.1) is 0 Å². The van der Waals surface area contributed by atoms with Gasteiger partial charge in [-0.3, -0.25) is 0 Å². The van der Waals surface area contributed by atoms with Gasteiger partial charge in [-0.1, -0.05) is 12.1 Å². The van der Waals surface area contributed by atoms with Crippen molar-refractivity contribution in [2.24, 2.45) is 7.05 Å². The van der Waals surface area contributed by atoms with E-state index >= 15 is 0 Å². The highest BCUT2D eigenvalue weighted by Crippen LogP contribution is 2.38. The Morgan fingerprint density at radius 3 is 2.86 bits per heavy atom. The third-order valence-corrected chi connectivity index (χ3v) is 5.42. The molecule has 0 bridgehead atoms. The number of pyridine rings is 1. The van der Waals surface area contributed by atoms with Crippen molar-refractivity contribution >= 4 is 32.7 Å². The van der Waals surface area contributed by atoms with Crippen molar-refractivity contribution in [1.29, 1.82) is 0 Å². The van der Waals surface area contributed by atoms with E-state index in [0.29, 0.717) is 6.04 Å². The zero-order chi connectivity index (χ0) is 15.4. The van der Waals surface area contributed by atoms with Gasteiger partial charge in [-0.25, -0.2) is 4.98 Å². The van der Waals surface area contributed by atoms with Crippen molar-refractivity contribution in [1.82, 2.24) is 9.55 Å². The van der Waals surface area contributed by atoms with E-state index in [4.69, 9.17) is 0 Å². The van der Waals surface area contributed by atoms with E-state index in [1.165, 1.54) is 27.8 Å². The number of rotatable bonds is 1. The number of halogens is 1. The zero-order valence-corrected chi connectivity index (χ0v) is 14.6. The SMILES string of the molecule is CC1Cc2ccc(-c3cn(C)c4nccc(Br)c34)cc2N1C. The summed E-state index contributed by atoms with van der Waals surface area (Å²) in [5, 5.41) is 1.18. The van der Waals surface area contributed by atoms with Crippen LogP contribution in [0.4, 0.5) is 5.69 Å². The molecule has 3 nitrogen and oxygen atoms in total. The topological polar surface area (TPSA) is 21.1 Å². The van der Waals surface area contributed by atoms with Crippen molar-refractivity contribution in [3.63, 3.8) is 0 Å². The number of fused-ring (bicyclic) bond motifs is 2. The fraction of sp³-hybridized carbons (Fsp3) is 0.278. The minimum atomic E-state index is 0.575. The maximum Gasteiger partial charge on any atom is 0.141 e. The number of likely N-dealkylation sites (N-methyl/N-ethyl adjacent to an activating group) is 1. The van der Waals surface area contributed by atoms with Crippen LogP contribution in [-0.4, -0.2) is 22.6 Å². The smallest absolute Gasteiger partial charge is 0.141 e. The van der Waals surface area contributed by atoms with Gasteiger partial charge in [0, 0.05) is 53.6 Å². The first-order valence-corrected chi connectivity index (χ1v) is 8.31. The van der Waals surface area contributed by atoms with Crippen LogP contribution in [0.2, 0.25) is 0 Å². The minimum Gasteiger partial charge on any atom is -0.371 e. The van der Waals surface area contributed by atoms with Crippen molar-refractivity contribution in [3.8, 4) is 11.1 Å². The highest BCUT2D eigenvalue weighted by molar-refractivity contribution is 9.10. The molecule has 22 heavy (non-hydrogen) atoms. The van der Waals surface area contributed by atoms with Crippen LogP contribution < -0.4 is 4.90 Å². The molecule has 1 unspecified atom stereocenters. The second-order valence-corrected chi connectivity index (χ2v) is 7.01. The average Bonchev–Trinajstić information content (AvgIpc) is 2.99. The predicted octanol–water partition coefficient (Wildman–Crippen LogP) is 4.38. The fourth-order valence-electron chi connectivity index (χ4n) is 3.41. The second-order valence-electron chi connectivity index (χ2n) is 6.15. The molecule has 0 saturated carbocycles. The van der Waals surface area contributed by atoms with Crippen LogP contribution in [0.5, 0.6) is 0 Å². The number of nitrogens with zero attached hydrogens (tertiary/aromatic N) is 3. The van der Waals surface area contributed by atoms with Crippen molar-refractivity contribution in [2.45, 2.75) is 19.4 Å². The summed E-state index contributed by atoms with van der Waals surface area (Å²) in [7, 11) is 4.23. The Balaban J connectivity index is 1.94. The normalized spacial score (nSPS) is 17.3. The first-order chi connectivity index (χ1) is 10.6. The Kier molecular flexibility index (Phi) is 3.05. The van der Waals surface area contributed by atoms with Gasteiger partial charge in [0.1, 0.15) is 5.65 Å². The molecule has 1 atom stereocenters. The number of aromatic nitrogens is 2. The van der Waals surface area contributed by atoms with Gasteiger partial charge in [0.15, 0.2) is 0 Å². The fourth-order valence-corrected chi connectivity index (χ4v) is 3.92. The predicted molar refractivity (Wildman–Crippen MR) is 95.4 cm³/mol. The lowest BCUT2D eigenvalue weighted by molar-refractivity contribution is 0.732.